The smallest absolute Gasteiger partial charge is 0.241 e. The Hall–Kier alpha value is -2.75. The zero-order valence-electron chi connectivity index (χ0n) is 16.6. The van der Waals surface area contributed by atoms with E-state index in [0.717, 1.165) is 11.1 Å². The van der Waals surface area contributed by atoms with E-state index in [4.69, 9.17) is 4.74 Å². The number of nitrogens with one attached hydrogen (secondary N) is 3. The van der Waals surface area contributed by atoms with Gasteiger partial charge in [-0.05, 0) is 42.3 Å². The van der Waals surface area contributed by atoms with E-state index in [1.165, 1.54) is 38.1 Å². The first-order valence-corrected chi connectivity index (χ1v) is 10.4. The summed E-state index contributed by atoms with van der Waals surface area (Å²) < 4.78 is 32.3. The van der Waals surface area contributed by atoms with Gasteiger partial charge in [0.15, 0.2) is 0 Å². The van der Waals surface area contributed by atoms with Crippen molar-refractivity contribution >= 4 is 27.5 Å². The summed E-state index contributed by atoms with van der Waals surface area (Å²) in [7, 11) is -2.26. The Labute approximate surface area is 170 Å². The van der Waals surface area contributed by atoms with Crippen molar-refractivity contribution in [3.05, 3.63) is 59.7 Å². The Balaban J connectivity index is 1.92. The molecule has 3 N–H and O–H groups in total. The molecule has 0 unspecified atom stereocenters. The average Bonchev–Trinajstić information content (AvgIpc) is 2.67. The number of rotatable bonds is 9. The van der Waals surface area contributed by atoms with Gasteiger partial charge in [0.2, 0.25) is 21.8 Å². The van der Waals surface area contributed by atoms with Gasteiger partial charge in [0.1, 0.15) is 0 Å². The topological polar surface area (TPSA) is 114 Å². The fraction of sp³-hybridized carbons (Fsp3) is 0.300. The van der Waals surface area contributed by atoms with Gasteiger partial charge in [-0.15, -0.1) is 0 Å². The summed E-state index contributed by atoms with van der Waals surface area (Å²) in [5, 5.41) is 5.27. The van der Waals surface area contributed by atoms with Crippen molar-refractivity contribution in [1.29, 1.82) is 0 Å². The maximum Gasteiger partial charge on any atom is 0.241 e. The number of amides is 2. The minimum Gasteiger partial charge on any atom is -0.380 e. The fourth-order valence-electron chi connectivity index (χ4n) is 2.54. The van der Waals surface area contributed by atoms with E-state index in [9.17, 15) is 18.0 Å². The summed E-state index contributed by atoms with van der Waals surface area (Å²) in [5.41, 5.74) is 2.40. The lowest BCUT2D eigenvalue weighted by atomic mass is 10.1. The number of benzene rings is 2. The van der Waals surface area contributed by atoms with E-state index in [1.54, 1.807) is 7.11 Å². The van der Waals surface area contributed by atoms with Crippen molar-refractivity contribution < 1.29 is 22.7 Å². The molecule has 0 aliphatic rings. The van der Waals surface area contributed by atoms with E-state index < -0.39 is 22.0 Å². The monoisotopic (exact) mass is 419 g/mol. The van der Waals surface area contributed by atoms with Crippen molar-refractivity contribution in [2.75, 3.05) is 12.4 Å². The molecule has 29 heavy (non-hydrogen) atoms. The molecule has 0 saturated carbocycles. The molecule has 0 spiro atoms. The van der Waals surface area contributed by atoms with Crippen LogP contribution in [-0.2, 0) is 37.5 Å². The van der Waals surface area contributed by atoms with Gasteiger partial charge < -0.3 is 15.4 Å². The molecule has 156 valence electrons. The molecule has 0 aliphatic carbocycles. The lowest BCUT2D eigenvalue weighted by Gasteiger charge is -2.15. The maximum absolute atomic E-state index is 12.5. The fourth-order valence-corrected chi connectivity index (χ4v) is 3.74. The van der Waals surface area contributed by atoms with Crippen molar-refractivity contribution in [2.24, 2.45) is 0 Å². The Kier molecular flexibility index (Phi) is 7.89. The van der Waals surface area contributed by atoms with Crippen LogP contribution in [0.2, 0.25) is 0 Å². The largest absolute Gasteiger partial charge is 0.380 e. The minimum absolute atomic E-state index is 0.0000149. The van der Waals surface area contributed by atoms with Crippen LogP contribution in [0.25, 0.3) is 0 Å². The van der Waals surface area contributed by atoms with E-state index in [2.05, 4.69) is 15.4 Å². The van der Waals surface area contributed by atoms with Gasteiger partial charge in [0, 0.05) is 26.3 Å². The number of sulfonamides is 1. The van der Waals surface area contributed by atoms with Crippen LogP contribution in [0.1, 0.15) is 25.0 Å². The van der Waals surface area contributed by atoms with Gasteiger partial charge in [0.05, 0.1) is 17.5 Å². The molecule has 0 bridgehead atoms. The van der Waals surface area contributed by atoms with Crippen LogP contribution in [0, 0.1) is 0 Å². The number of carbonyl (C=O) groups excluding carboxylic acids is 2. The normalized spacial score (nSPS) is 12.2. The third-order valence-electron chi connectivity index (χ3n) is 4.01. The molecule has 0 radical (unpaired) electrons. The molecule has 8 nitrogen and oxygen atoms in total. The lowest BCUT2D eigenvalue weighted by Crippen LogP contribution is -2.44. The van der Waals surface area contributed by atoms with Gasteiger partial charge in [-0.25, -0.2) is 8.42 Å². The van der Waals surface area contributed by atoms with Crippen molar-refractivity contribution in [2.45, 2.75) is 37.9 Å². The van der Waals surface area contributed by atoms with E-state index in [-0.39, 0.29) is 17.3 Å². The Morgan fingerprint density at radius 2 is 1.59 bits per heavy atom. The van der Waals surface area contributed by atoms with Gasteiger partial charge in [-0.1, -0.05) is 24.3 Å². The standard InChI is InChI=1S/C20H25N3O5S/c1-14(20(25)21-12-16-4-6-17(7-5-16)13-28-3)23-29(26,27)19-10-8-18(9-11-19)22-15(2)24/h4-11,14,23H,12-13H2,1-3H3,(H,21,25)(H,22,24)/t14-/m0/s1. The predicted octanol–water partition coefficient (Wildman–Crippen LogP) is 1.77. The summed E-state index contributed by atoms with van der Waals surface area (Å²) in [4.78, 5) is 23.3. The Morgan fingerprint density at radius 1 is 1.00 bits per heavy atom. The molecule has 2 amide bonds. The summed E-state index contributed by atoms with van der Waals surface area (Å²) in [5.74, 6) is -0.693. The highest BCUT2D eigenvalue weighted by atomic mass is 32.2. The van der Waals surface area contributed by atoms with Crippen LogP contribution in [0.15, 0.2) is 53.4 Å². The van der Waals surface area contributed by atoms with Gasteiger partial charge >= 0.3 is 0 Å². The zero-order valence-corrected chi connectivity index (χ0v) is 17.4. The summed E-state index contributed by atoms with van der Waals surface area (Å²) in [6, 6.07) is 12.3. The number of anilines is 1. The number of hydrogen-bond acceptors (Lipinski definition) is 5. The first kappa shape index (κ1) is 22.5. The van der Waals surface area contributed by atoms with E-state index >= 15 is 0 Å². The highest BCUT2D eigenvalue weighted by molar-refractivity contribution is 7.89. The molecule has 2 rings (SSSR count). The molecule has 9 heteroatoms. The zero-order chi connectivity index (χ0) is 21.4. The molecule has 0 aromatic heterocycles. The highest BCUT2D eigenvalue weighted by Gasteiger charge is 2.22. The minimum atomic E-state index is -3.88. The predicted molar refractivity (Wildman–Crippen MR) is 110 cm³/mol. The number of hydrogen-bond donors (Lipinski definition) is 3. The third-order valence-corrected chi connectivity index (χ3v) is 5.57. The number of methoxy groups -OCH3 is 1. The van der Waals surface area contributed by atoms with Crippen LogP contribution in [0.4, 0.5) is 5.69 Å². The first-order valence-electron chi connectivity index (χ1n) is 8.95. The lowest BCUT2D eigenvalue weighted by molar-refractivity contribution is -0.122. The second kappa shape index (κ2) is 10.1. The SMILES string of the molecule is COCc1ccc(CNC(=O)[C@H](C)NS(=O)(=O)c2ccc(NC(C)=O)cc2)cc1. The van der Waals surface area contributed by atoms with Gasteiger partial charge in [-0.3, -0.25) is 9.59 Å². The molecule has 0 fully saturated rings. The van der Waals surface area contributed by atoms with Crippen molar-refractivity contribution in [1.82, 2.24) is 10.0 Å². The maximum atomic E-state index is 12.5. The summed E-state index contributed by atoms with van der Waals surface area (Å²) in [6.45, 7) is 3.63. The van der Waals surface area contributed by atoms with Crippen molar-refractivity contribution in [3.8, 4) is 0 Å². The van der Waals surface area contributed by atoms with E-state index in [0.29, 0.717) is 12.3 Å². The van der Waals surface area contributed by atoms with Gasteiger partial charge in [-0.2, -0.15) is 4.72 Å². The Morgan fingerprint density at radius 3 is 2.14 bits per heavy atom. The van der Waals surface area contributed by atoms with Crippen LogP contribution in [-0.4, -0.2) is 33.4 Å². The van der Waals surface area contributed by atoms with Crippen molar-refractivity contribution in [3.63, 3.8) is 0 Å². The second-order valence-corrected chi connectivity index (χ2v) is 8.23. The highest BCUT2D eigenvalue weighted by Crippen LogP contribution is 2.14. The molecule has 2 aromatic rings. The molecular weight excluding hydrogens is 394 g/mol. The quantitative estimate of drug-likeness (QED) is 0.573. The van der Waals surface area contributed by atoms with Crippen LogP contribution in [0.3, 0.4) is 0 Å². The molecule has 0 heterocycles. The average molecular weight is 420 g/mol. The molecule has 0 saturated heterocycles. The number of carbonyl (C=O) groups is 2. The Bertz CT molecular complexity index is 941. The molecule has 1 atom stereocenters. The van der Waals surface area contributed by atoms with Gasteiger partial charge in [0.25, 0.3) is 0 Å². The molecule has 0 aliphatic heterocycles. The molecular formula is C20H25N3O5S. The van der Waals surface area contributed by atoms with Crippen LogP contribution < -0.4 is 15.4 Å². The first-order chi connectivity index (χ1) is 13.7. The van der Waals surface area contributed by atoms with E-state index in [1.807, 2.05) is 24.3 Å². The second-order valence-electron chi connectivity index (χ2n) is 6.52. The number of ether oxygens (including phenoxy) is 1. The third kappa shape index (κ3) is 6.97. The van der Waals surface area contributed by atoms with Crippen LogP contribution in [0.5, 0.6) is 0 Å². The van der Waals surface area contributed by atoms with Crippen LogP contribution >= 0.6 is 0 Å². The molecule has 2 aromatic carbocycles. The summed E-state index contributed by atoms with van der Waals surface area (Å²) in [6.07, 6.45) is 0. The summed E-state index contributed by atoms with van der Waals surface area (Å²) >= 11 is 0.